The Bertz CT molecular complexity index is 1260. The highest BCUT2D eigenvalue weighted by Crippen LogP contribution is 2.33. The molecule has 1 saturated carbocycles. The van der Waals surface area contributed by atoms with Crippen molar-refractivity contribution in [1.29, 1.82) is 0 Å². The summed E-state index contributed by atoms with van der Waals surface area (Å²) in [7, 11) is 0. The van der Waals surface area contributed by atoms with Crippen LogP contribution in [0, 0.1) is 0 Å². The largest absolute Gasteiger partial charge is 0.457 e. The monoisotopic (exact) mass is 471 g/mol. The van der Waals surface area contributed by atoms with Crippen LogP contribution in [-0.4, -0.2) is 34.1 Å². The summed E-state index contributed by atoms with van der Waals surface area (Å²) in [6.07, 6.45) is 12.7. The minimum Gasteiger partial charge on any atom is -0.457 e. The van der Waals surface area contributed by atoms with Crippen molar-refractivity contribution in [2.45, 2.75) is 51.0 Å². The molecular weight excluding hydrogens is 442 g/mol. The Morgan fingerprint density at radius 2 is 1.74 bits per heavy atom. The molecule has 1 N–H and O–H groups in total. The summed E-state index contributed by atoms with van der Waals surface area (Å²) >= 11 is 1.70. The molecule has 7 heteroatoms. The smallest absolute Gasteiger partial charge is 0.184 e. The van der Waals surface area contributed by atoms with Gasteiger partial charge in [-0.15, -0.1) is 0 Å². The van der Waals surface area contributed by atoms with Crippen molar-refractivity contribution >= 4 is 32.5 Å². The fourth-order valence-corrected chi connectivity index (χ4v) is 5.86. The number of thiazole rings is 1. The van der Waals surface area contributed by atoms with Crippen LogP contribution >= 0.6 is 11.3 Å². The number of nitrogens with one attached hydrogen (secondary N) is 1. The Labute approximate surface area is 204 Å². The van der Waals surface area contributed by atoms with Gasteiger partial charge in [0.25, 0.3) is 0 Å². The number of pyridine rings is 2. The van der Waals surface area contributed by atoms with Crippen molar-refractivity contribution in [2.75, 3.05) is 23.3 Å². The molecule has 6 rings (SSSR count). The van der Waals surface area contributed by atoms with E-state index in [2.05, 4.69) is 38.4 Å². The molecule has 1 aliphatic heterocycles. The summed E-state index contributed by atoms with van der Waals surface area (Å²) in [4.78, 5) is 16.3. The predicted molar refractivity (Wildman–Crippen MR) is 139 cm³/mol. The molecule has 0 spiro atoms. The van der Waals surface area contributed by atoms with Gasteiger partial charge in [-0.05, 0) is 56.0 Å². The quantitative estimate of drug-likeness (QED) is 0.330. The number of hydrogen-bond donors (Lipinski definition) is 1. The van der Waals surface area contributed by atoms with Gasteiger partial charge in [0, 0.05) is 49.2 Å². The highest BCUT2D eigenvalue weighted by atomic mass is 32.1. The van der Waals surface area contributed by atoms with Gasteiger partial charge in [-0.2, -0.15) is 0 Å². The third kappa shape index (κ3) is 4.71. The van der Waals surface area contributed by atoms with E-state index in [1.165, 1.54) is 44.9 Å². The van der Waals surface area contributed by atoms with Gasteiger partial charge in [-0.1, -0.05) is 30.6 Å². The van der Waals surface area contributed by atoms with Crippen molar-refractivity contribution in [1.82, 2.24) is 15.0 Å². The van der Waals surface area contributed by atoms with Crippen molar-refractivity contribution < 1.29 is 4.74 Å². The van der Waals surface area contributed by atoms with Crippen LogP contribution in [0.2, 0.25) is 0 Å². The molecule has 174 valence electrons. The van der Waals surface area contributed by atoms with E-state index in [0.29, 0.717) is 6.04 Å². The Kier molecular flexibility index (Phi) is 6.02. The summed E-state index contributed by atoms with van der Waals surface area (Å²) in [5.41, 5.74) is 2.86. The highest BCUT2D eigenvalue weighted by molar-refractivity contribution is 7.22. The molecule has 0 amide bonds. The maximum absolute atomic E-state index is 6.20. The Morgan fingerprint density at radius 1 is 0.882 bits per heavy atom. The molecule has 6 nitrogen and oxygen atoms in total. The number of nitrogens with zero attached hydrogens (tertiary/aromatic N) is 4. The zero-order valence-electron chi connectivity index (χ0n) is 19.2. The van der Waals surface area contributed by atoms with E-state index < -0.39 is 0 Å². The second-order valence-corrected chi connectivity index (χ2v) is 10.2. The molecule has 1 aromatic carbocycles. The molecule has 0 radical (unpaired) electrons. The number of ether oxygens (including phenoxy) is 1. The van der Waals surface area contributed by atoms with Crippen molar-refractivity contribution in [3.63, 3.8) is 0 Å². The van der Waals surface area contributed by atoms with Crippen molar-refractivity contribution in [2.24, 2.45) is 0 Å². The average Bonchev–Trinajstić information content (AvgIpc) is 3.55. The normalized spacial score (nSPS) is 16.8. The highest BCUT2D eigenvalue weighted by Gasteiger charge is 2.16. The second-order valence-electron chi connectivity index (χ2n) is 9.21. The van der Waals surface area contributed by atoms with Gasteiger partial charge in [0.15, 0.2) is 5.13 Å². The molecule has 4 heterocycles. The van der Waals surface area contributed by atoms with E-state index in [1.807, 2.05) is 30.5 Å². The second kappa shape index (κ2) is 9.58. The Morgan fingerprint density at radius 3 is 2.56 bits per heavy atom. The van der Waals surface area contributed by atoms with Crippen LogP contribution < -0.4 is 15.0 Å². The van der Waals surface area contributed by atoms with Gasteiger partial charge in [-0.3, -0.25) is 4.98 Å². The van der Waals surface area contributed by atoms with Crippen LogP contribution in [0.1, 0.15) is 44.9 Å². The standard InChI is InChI=1S/C27H29N5OS/c1-2-6-20(7-3-1)30-27-31-23-10-9-21(17-25(23)34-27)33-22-12-13-28-24(16-22)19-8-11-26(29-18-19)32-14-4-5-15-32/h8-13,16-18,20H,1-7,14-15H2,(H,30,31). The first-order valence-corrected chi connectivity index (χ1v) is 13.1. The van der Waals surface area contributed by atoms with E-state index in [9.17, 15) is 0 Å². The Balaban J connectivity index is 1.16. The maximum Gasteiger partial charge on any atom is 0.184 e. The molecule has 0 bridgehead atoms. The van der Waals surface area contributed by atoms with Crippen molar-refractivity contribution in [3.8, 4) is 22.8 Å². The number of rotatable bonds is 6. The lowest BCUT2D eigenvalue weighted by Crippen LogP contribution is -2.21. The number of aromatic nitrogens is 3. The first-order chi connectivity index (χ1) is 16.8. The first kappa shape index (κ1) is 21.4. The number of fused-ring (bicyclic) bond motifs is 1. The lowest BCUT2D eigenvalue weighted by Gasteiger charge is -2.22. The predicted octanol–water partition coefficient (Wildman–Crippen LogP) is 6.89. The summed E-state index contributed by atoms with van der Waals surface area (Å²) < 4.78 is 7.33. The van der Waals surface area contributed by atoms with Gasteiger partial charge in [0.2, 0.25) is 0 Å². The molecule has 2 aliphatic rings. The molecule has 0 atom stereocenters. The van der Waals surface area contributed by atoms with Crippen LogP contribution in [0.5, 0.6) is 11.5 Å². The molecule has 4 aromatic rings. The lowest BCUT2D eigenvalue weighted by molar-refractivity contribution is 0.462. The van der Waals surface area contributed by atoms with Gasteiger partial charge in [-0.25, -0.2) is 9.97 Å². The van der Waals surface area contributed by atoms with Gasteiger partial charge >= 0.3 is 0 Å². The zero-order chi connectivity index (χ0) is 22.7. The lowest BCUT2D eigenvalue weighted by atomic mass is 9.96. The van der Waals surface area contributed by atoms with Gasteiger partial charge < -0.3 is 15.0 Å². The average molecular weight is 472 g/mol. The van der Waals surface area contributed by atoms with Crippen LogP contribution in [0.4, 0.5) is 10.9 Å². The van der Waals surface area contributed by atoms with E-state index >= 15 is 0 Å². The topological polar surface area (TPSA) is 63.2 Å². The van der Waals surface area contributed by atoms with Crippen molar-refractivity contribution in [3.05, 3.63) is 54.9 Å². The number of benzene rings is 1. The summed E-state index contributed by atoms with van der Waals surface area (Å²) in [5.74, 6) is 2.61. The SMILES string of the molecule is c1cc(Oc2ccc3nc(NC4CCCCC4)sc3c2)cc(-c2ccc(N3CCCC3)nc2)n1. The molecule has 3 aromatic heterocycles. The van der Waals surface area contributed by atoms with E-state index in [-0.39, 0.29) is 0 Å². The third-order valence-corrected chi connectivity index (χ3v) is 7.68. The fraction of sp³-hybridized carbons (Fsp3) is 0.370. The number of anilines is 2. The summed E-state index contributed by atoms with van der Waals surface area (Å²) in [5, 5.41) is 4.65. The molecule has 1 aliphatic carbocycles. The number of hydrogen-bond acceptors (Lipinski definition) is 7. The molecule has 0 unspecified atom stereocenters. The molecule has 2 fully saturated rings. The van der Waals surface area contributed by atoms with Gasteiger partial charge in [0.1, 0.15) is 17.3 Å². The summed E-state index contributed by atoms with van der Waals surface area (Å²) in [6, 6.07) is 14.7. The minimum absolute atomic E-state index is 0.555. The Hall–Kier alpha value is -3.19. The van der Waals surface area contributed by atoms with Crippen LogP contribution in [0.3, 0.4) is 0 Å². The van der Waals surface area contributed by atoms with Crippen LogP contribution in [0.15, 0.2) is 54.9 Å². The van der Waals surface area contributed by atoms with E-state index in [0.717, 1.165) is 57.0 Å². The summed E-state index contributed by atoms with van der Waals surface area (Å²) in [6.45, 7) is 2.19. The maximum atomic E-state index is 6.20. The van der Waals surface area contributed by atoms with Gasteiger partial charge in [0.05, 0.1) is 15.9 Å². The van der Waals surface area contributed by atoms with E-state index in [1.54, 1.807) is 17.5 Å². The van der Waals surface area contributed by atoms with Crippen LogP contribution in [-0.2, 0) is 0 Å². The minimum atomic E-state index is 0.555. The zero-order valence-corrected chi connectivity index (χ0v) is 20.1. The van der Waals surface area contributed by atoms with E-state index in [4.69, 9.17) is 9.72 Å². The van der Waals surface area contributed by atoms with Crippen LogP contribution in [0.25, 0.3) is 21.5 Å². The molecule has 1 saturated heterocycles. The fourth-order valence-electron chi connectivity index (χ4n) is 4.89. The molecular formula is C27H29N5OS. The molecule has 34 heavy (non-hydrogen) atoms. The third-order valence-electron chi connectivity index (χ3n) is 6.73. The first-order valence-electron chi connectivity index (χ1n) is 12.3.